The highest BCUT2D eigenvalue weighted by atomic mass is 35.5. The van der Waals surface area contributed by atoms with Gasteiger partial charge in [0.25, 0.3) is 0 Å². The Bertz CT molecular complexity index is 2120. The van der Waals surface area contributed by atoms with Crippen molar-refractivity contribution in [2.45, 2.75) is 19.3 Å². The van der Waals surface area contributed by atoms with E-state index in [0.717, 1.165) is 16.4 Å². The van der Waals surface area contributed by atoms with Crippen molar-refractivity contribution in [3.63, 3.8) is 0 Å². The smallest absolute Gasteiger partial charge is 0.0555 e. The average Bonchev–Trinajstić information content (AvgIpc) is 3.52. The SMILES string of the molecule is CC1(C)c2ccccc2-c2cc(N(c3ccccc3)c3ccc(-c4ccc(Cl)cc4)c4sc5ccccc5c34)ccc21. The lowest BCUT2D eigenvalue weighted by atomic mass is 9.82. The molecule has 1 aromatic heterocycles. The lowest BCUT2D eigenvalue weighted by molar-refractivity contribution is 0.660. The first-order chi connectivity index (χ1) is 20.5. The number of halogens is 1. The Kier molecular flexibility index (Phi) is 5.79. The van der Waals surface area contributed by atoms with Gasteiger partial charge in [0.1, 0.15) is 0 Å². The van der Waals surface area contributed by atoms with E-state index in [4.69, 9.17) is 11.6 Å². The van der Waals surface area contributed by atoms with Crippen molar-refractivity contribution < 1.29 is 0 Å². The number of fused-ring (bicyclic) bond motifs is 6. The molecule has 6 aromatic carbocycles. The van der Waals surface area contributed by atoms with E-state index < -0.39 is 0 Å². The maximum atomic E-state index is 6.27. The molecule has 1 heterocycles. The van der Waals surface area contributed by atoms with E-state index in [9.17, 15) is 0 Å². The van der Waals surface area contributed by atoms with Crippen LogP contribution in [0, 0.1) is 0 Å². The number of thiophene rings is 1. The molecule has 0 bridgehead atoms. The number of para-hydroxylation sites is 1. The van der Waals surface area contributed by atoms with Crippen molar-refractivity contribution in [1.29, 1.82) is 0 Å². The quantitative estimate of drug-likeness (QED) is 0.201. The standard InChI is InChI=1S/C39H28ClNS/c1-39(2)33-14-8-6-12-30(33)32-24-28(20-22-34(32)39)41(27-10-4-3-5-11-27)35-23-21-29(25-16-18-26(40)19-17-25)38-37(35)31-13-7-9-15-36(31)42-38/h3-24H,1-2H3. The van der Waals surface area contributed by atoms with Crippen LogP contribution in [0.15, 0.2) is 133 Å². The Morgan fingerprint density at radius 1 is 0.595 bits per heavy atom. The van der Waals surface area contributed by atoms with Crippen LogP contribution in [0.2, 0.25) is 5.02 Å². The van der Waals surface area contributed by atoms with E-state index in [0.29, 0.717) is 0 Å². The fourth-order valence-electron chi connectivity index (χ4n) is 6.71. The van der Waals surface area contributed by atoms with Crippen LogP contribution in [-0.4, -0.2) is 0 Å². The molecule has 1 nitrogen and oxygen atoms in total. The molecule has 0 N–H and O–H groups in total. The molecule has 0 radical (unpaired) electrons. The molecule has 202 valence electrons. The van der Waals surface area contributed by atoms with Crippen LogP contribution in [0.1, 0.15) is 25.0 Å². The van der Waals surface area contributed by atoms with Gasteiger partial charge in [-0.25, -0.2) is 0 Å². The highest BCUT2D eigenvalue weighted by Crippen LogP contribution is 2.52. The van der Waals surface area contributed by atoms with Gasteiger partial charge in [0, 0.05) is 42.0 Å². The Hall–Kier alpha value is -4.37. The monoisotopic (exact) mass is 577 g/mol. The zero-order valence-corrected chi connectivity index (χ0v) is 25.0. The molecule has 0 fully saturated rings. The molecule has 0 unspecified atom stereocenters. The number of hydrogen-bond donors (Lipinski definition) is 0. The Balaban J connectivity index is 1.41. The van der Waals surface area contributed by atoms with Crippen molar-refractivity contribution in [1.82, 2.24) is 0 Å². The normalized spacial score (nSPS) is 13.3. The maximum Gasteiger partial charge on any atom is 0.0555 e. The summed E-state index contributed by atoms with van der Waals surface area (Å²) in [5.41, 5.74) is 11.3. The van der Waals surface area contributed by atoms with E-state index in [1.165, 1.54) is 59.2 Å². The van der Waals surface area contributed by atoms with Crippen molar-refractivity contribution >= 4 is 60.2 Å². The van der Waals surface area contributed by atoms with Crippen LogP contribution in [0.25, 0.3) is 42.4 Å². The summed E-state index contributed by atoms with van der Waals surface area (Å²) < 4.78 is 2.57. The molecule has 0 spiro atoms. The molecule has 0 atom stereocenters. The molecule has 3 heteroatoms. The second-order valence-electron chi connectivity index (χ2n) is 11.5. The molecule has 0 aliphatic heterocycles. The molecule has 0 amide bonds. The van der Waals surface area contributed by atoms with E-state index >= 15 is 0 Å². The molecular formula is C39H28ClNS. The minimum atomic E-state index is -0.0287. The Morgan fingerprint density at radius 3 is 2.14 bits per heavy atom. The predicted octanol–water partition coefficient (Wildman–Crippen LogP) is 12.2. The summed E-state index contributed by atoms with van der Waals surface area (Å²) in [5, 5.41) is 3.30. The van der Waals surface area contributed by atoms with Crippen LogP contribution in [0.4, 0.5) is 17.1 Å². The Morgan fingerprint density at radius 2 is 1.31 bits per heavy atom. The number of anilines is 3. The summed E-state index contributed by atoms with van der Waals surface area (Å²) in [5.74, 6) is 0. The molecular weight excluding hydrogens is 550 g/mol. The third-order valence-electron chi connectivity index (χ3n) is 8.74. The number of nitrogens with zero attached hydrogens (tertiary/aromatic N) is 1. The fraction of sp³-hybridized carbons (Fsp3) is 0.0769. The number of hydrogen-bond acceptors (Lipinski definition) is 2. The summed E-state index contributed by atoms with van der Waals surface area (Å²) in [6.45, 7) is 4.67. The summed E-state index contributed by atoms with van der Waals surface area (Å²) in [6, 6.07) is 48.2. The fourth-order valence-corrected chi connectivity index (χ4v) is 8.09. The van der Waals surface area contributed by atoms with Gasteiger partial charge in [-0.05, 0) is 81.9 Å². The molecule has 0 saturated carbocycles. The van der Waals surface area contributed by atoms with Gasteiger partial charge in [0.05, 0.1) is 5.69 Å². The van der Waals surface area contributed by atoms with E-state index in [2.05, 4.69) is 140 Å². The first-order valence-electron chi connectivity index (χ1n) is 14.3. The largest absolute Gasteiger partial charge is 0.310 e. The predicted molar refractivity (Wildman–Crippen MR) is 182 cm³/mol. The summed E-state index contributed by atoms with van der Waals surface area (Å²) in [4.78, 5) is 2.43. The number of rotatable bonds is 4. The summed E-state index contributed by atoms with van der Waals surface area (Å²) >= 11 is 8.13. The van der Waals surface area contributed by atoms with E-state index in [1.807, 2.05) is 23.5 Å². The van der Waals surface area contributed by atoms with Crippen molar-refractivity contribution in [2.24, 2.45) is 0 Å². The third-order valence-corrected chi connectivity index (χ3v) is 10.2. The van der Waals surface area contributed by atoms with E-state index in [1.54, 1.807) is 0 Å². The topological polar surface area (TPSA) is 3.24 Å². The first kappa shape index (κ1) is 25.3. The van der Waals surface area contributed by atoms with Gasteiger partial charge < -0.3 is 4.90 Å². The second-order valence-corrected chi connectivity index (χ2v) is 13.0. The molecule has 1 aliphatic carbocycles. The highest BCUT2D eigenvalue weighted by Gasteiger charge is 2.35. The van der Waals surface area contributed by atoms with Gasteiger partial charge in [0.2, 0.25) is 0 Å². The lowest BCUT2D eigenvalue weighted by Crippen LogP contribution is -2.15. The van der Waals surface area contributed by atoms with Gasteiger partial charge in [-0.1, -0.05) is 110 Å². The first-order valence-corrected chi connectivity index (χ1v) is 15.5. The molecule has 42 heavy (non-hydrogen) atoms. The van der Waals surface area contributed by atoms with Gasteiger partial charge in [-0.2, -0.15) is 0 Å². The van der Waals surface area contributed by atoms with Crippen molar-refractivity contribution in [3.05, 3.63) is 150 Å². The molecule has 8 rings (SSSR count). The number of benzene rings is 6. The summed E-state index contributed by atoms with van der Waals surface area (Å²) in [6.07, 6.45) is 0. The van der Waals surface area contributed by atoms with Crippen LogP contribution in [0.5, 0.6) is 0 Å². The third kappa shape index (κ3) is 3.83. The zero-order chi connectivity index (χ0) is 28.4. The Labute approximate surface area is 255 Å². The highest BCUT2D eigenvalue weighted by molar-refractivity contribution is 7.26. The molecule has 0 saturated heterocycles. The second kappa shape index (κ2) is 9.59. The van der Waals surface area contributed by atoms with Crippen molar-refractivity contribution in [2.75, 3.05) is 4.90 Å². The van der Waals surface area contributed by atoms with Gasteiger partial charge in [0.15, 0.2) is 0 Å². The summed E-state index contributed by atoms with van der Waals surface area (Å²) in [7, 11) is 0. The van der Waals surface area contributed by atoms with Gasteiger partial charge in [-0.3, -0.25) is 0 Å². The minimum Gasteiger partial charge on any atom is -0.310 e. The molecule has 1 aliphatic rings. The molecule has 7 aromatic rings. The van der Waals surface area contributed by atoms with Crippen LogP contribution in [-0.2, 0) is 5.41 Å². The van der Waals surface area contributed by atoms with E-state index in [-0.39, 0.29) is 5.41 Å². The van der Waals surface area contributed by atoms with Gasteiger partial charge >= 0.3 is 0 Å². The lowest BCUT2D eigenvalue weighted by Gasteiger charge is -2.28. The van der Waals surface area contributed by atoms with Crippen molar-refractivity contribution in [3.8, 4) is 22.3 Å². The van der Waals surface area contributed by atoms with Crippen LogP contribution >= 0.6 is 22.9 Å². The van der Waals surface area contributed by atoms with Gasteiger partial charge in [-0.15, -0.1) is 11.3 Å². The van der Waals surface area contributed by atoms with Crippen LogP contribution < -0.4 is 4.90 Å². The average molecular weight is 578 g/mol. The maximum absolute atomic E-state index is 6.27. The zero-order valence-electron chi connectivity index (χ0n) is 23.4. The minimum absolute atomic E-state index is 0.0287. The van der Waals surface area contributed by atoms with Crippen LogP contribution in [0.3, 0.4) is 0 Å².